The molecule has 0 aliphatic heterocycles. The lowest BCUT2D eigenvalue weighted by molar-refractivity contribution is 0.579. The smallest absolute Gasteiger partial charge is 0.184 e. The van der Waals surface area contributed by atoms with Crippen LogP contribution < -0.4 is 5.73 Å². The fourth-order valence-corrected chi connectivity index (χ4v) is 3.11. The van der Waals surface area contributed by atoms with Crippen LogP contribution in [0.25, 0.3) is 0 Å². The lowest BCUT2D eigenvalue weighted by Crippen LogP contribution is -2.08. The van der Waals surface area contributed by atoms with Crippen molar-refractivity contribution < 1.29 is 17.2 Å². The zero-order chi connectivity index (χ0) is 14.0. The van der Waals surface area contributed by atoms with Crippen LogP contribution in [0.1, 0.15) is 5.56 Å². The summed E-state index contributed by atoms with van der Waals surface area (Å²) in [4.78, 5) is 3.58. The Hall–Kier alpha value is -2.02. The topological polar surface area (TPSA) is 73.0 Å². The van der Waals surface area contributed by atoms with Crippen molar-refractivity contribution in [1.29, 1.82) is 0 Å². The number of anilines is 1. The van der Waals surface area contributed by atoms with E-state index in [0.29, 0.717) is 6.07 Å². The number of nitrogens with zero attached hydrogens (tertiary/aromatic N) is 1. The van der Waals surface area contributed by atoms with Crippen molar-refractivity contribution in [3.8, 4) is 0 Å². The number of nitrogens with two attached hydrogens (primary N) is 1. The largest absolute Gasteiger partial charge is 0.396 e. The van der Waals surface area contributed by atoms with Gasteiger partial charge in [0.15, 0.2) is 9.84 Å². The Kier molecular flexibility index (Phi) is 3.48. The molecular formula is C12H10F2N2O2S. The summed E-state index contributed by atoms with van der Waals surface area (Å²) in [7, 11) is -3.78. The summed E-state index contributed by atoms with van der Waals surface area (Å²) in [5.74, 6) is -2.18. The van der Waals surface area contributed by atoms with Crippen LogP contribution >= 0.6 is 0 Å². The minimum absolute atomic E-state index is 0.000579. The zero-order valence-corrected chi connectivity index (χ0v) is 10.5. The van der Waals surface area contributed by atoms with Gasteiger partial charge >= 0.3 is 0 Å². The van der Waals surface area contributed by atoms with Gasteiger partial charge in [0.1, 0.15) is 11.6 Å². The molecule has 0 aliphatic rings. The van der Waals surface area contributed by atoms with Crippen molar-refractivity contribution in [1.82, 2.24) is 4.98 Å². The van der Waals surface area contributed by atoms with E-state index in [2.05, 4.69) is 4.98 Å². The molecular weight excluding hydrogens is 274 g/mol. The summed E-state index contributed by atoms with van der Waals surface area (Å²) in [5, 5.41) is 0. The number of pyridine rings is 1. The summed E-state index contributed by atoms with van der Waals surface area (Å²) in [6.45, 7) is 0. The summed E-state index contributed by atoms with van der Waals surface area (Å²) in [6, 6.07) is 3.87. The van der Waals surface area contributed by atoms with Gasteiger partial charge < -0.3 is 5.73 Å². The molecule has 0 amide bonds. The number of hydrogen-bond donors (Lipinski definition) is 1. The molecule has 1 aromatic carbocycles. The van der Waals surface area contributed by atoms with Crippen molar-refractivity contribution in [3.05, 3.63) is 53.9 Å². The molecule has 0 spiro atoms. The minimum atomic E-state index is -3.78. The fourth-order valence-electron chi connectivity index (χ4n) is 1.67. The molecule has 1 heterocycles. The quantitative estimate of drug-likeness (QED) is 0.934. The fraction of sp³-hybridized carbons (Fsp3) is 0.0833. The molecule has 0 radical (unpaired) electrons. The number of sulfone groups is 1. The number of nitrogen functional groups attached to an aromatic ring is 1. The molecule has 0 unspecified atom stereocenters. The maximum absolute atomic E-state index is 13.0. The molecule has 2 rings (SSSR count). The van der Waals surface area contributed by atoms with E-state index < -0.39 is 27.2 Å². The molecule has 2 N–H and O–H groups in total. The SMILES string of the molecule is Nc1cnccc1S(=O)(=O)Cc1cc(F)cc(F)c1. The molecule has 0 saturated carbocycles. The van der Waals surface area contributed by atoms with Crippen molar-refractivity contribution in [2.75, 3.05) is 5.73 Å². The van der Waals surface area contributed by atoms with E-state index in [1.165, 1.54) is 18.5 Å². The van der Waals surface area contributed by atoms with Crippen molar-refractivity contribution in [2.24, 2.45) is 0 Å². The van der Waals surface area contributed by atoms with Crippen LogP contribution in [0.5, 0.6) is 0 Å². The van der Waals surface area contributed by atoms with E-state index in [4.69, 9.17) is 5.73 Å². The molecule has 4 nitrogen and oxygen atoms in total. The van der Waals surface area contributed by atoms with E-state index in [1.807, 2.05) is 0 Å². The molecule has 100 valence electrons. The molecule has 0 aliphatic carbocycles. The standard InChI is InChI=1S/C12H10F2N2O2S/c13-9-3-8(4-10(14)5-9)7-19(17,18)12-1-2-16-6-11(12)15/h1-6H,7,15H2. The van der Waals surface area contributed by atoms with Crippen molar-refractivity contribution >= 4 is 15.5 Å². The third-order valence-corrected chi connectivity index (χ3v) is 4.18. The predicted octanol–water partition coefficient (Wildman–Crippen LogP) is 1.92. The van der Waals surface area contributed by atoms with E-state index in [-0.39, 0.29) is 16.1 Å². The molecule has 0 fully saturated rings. The Balaban J connectivity index is 2.39. The summed E-state index contributed by atoms with van der Waals surface area (Å²) < 4.78 is 50.2. The van der Waals surface area contributed by atoms with Crippen LogP contribution in [-0.2, 0) is 15.6 Å². The highest BCUT2D eigenvalue weighted by Gasteiger charge is 2.19. The Morgan fingerprint density at radius 3 is 2.37 bits per heavy atom. The second kappa shape index (κ2) is 4.93. The Bertz CT molecular complexity index is 697. The van der Waals surface area contributed by atoms with E-state index in [0.717, 1.165) is 12.1 Å². The average Bonchev–Trinajstić information content (AvgIpc) is 2.26. The Morgan fingerprint density at radius 1 is 1.16 bits per heavy atom. The first kappa shape index (κ1) is 13.4. The van der Waals surface area contributed by atoms with Gasteiger partial charge in [-0.2, -0.15) is 0 Å². The molecule has 19 heavy (non-hydrogen) atoms. The zero-order valence-electron chi connectivity index (χ0n) is 9.68. The molecule has 0 saturated heterocycles. The van der Waals surface area contributed by atoms with Gasteiger partial charge in [-0.25, -0.2) is 17.2 Å². The van der Waals surface area contributed by atoms with Gasteiger partial charge in [0.25, 0.3) is 0 Å². The first-order valence-electron chi connectivity index (χ1n) is 5.26. The van der Waals surface area contributed by atoms with Crippen LogP contribution in [0.4, 0.5) is 14.5 Å². The van der Waals surface area contributed by atoms with E-state index in [9.17, 15) is 17.2 Å². The molecule has 0 bridgehead atoms. The third kappa shape index (κ3) is 3.05. The van der Waals surface area contributed by atoms with Gasteiger partial charge in [0, 0.05) is 12.3 Å². The maximum atomic E-state index is 13.0. The Morgan fingerprint density at radius 2 is 1.79 bits per heavy atom. The van der Waals surface area contributed by atoms with Crippen molar-refractivity contribution in [2.45, 2.75) is 10.6 Å². The van der Waals surface area contributed by atoms with Crippen LogP contribution in [-0.4, -0.2) is 13.4 Å². The van der Waals surface area contributed by atoms with Gasteiger partial charge in [-0.1, -0.05) is 0 Å². The second-order valence-corrected chi connectivity index (χ2v) is 5.91. The highest BCUT2D eigenvalue weighted by molar-refractivity contribution is 7.90. The predicted molar refractivity (Wildman–Crippen MR) is 65.9 cm³/mol. The van der Waals surface area contributed by atoms with Gasteiger partial charge in [0.05, 0.1) is 22.5 Å². The van der Waals surface area contributed by atoms with Crippen LogP contribution in [0, 0.1) is 11.6 Å². The van der Waals surface area contributed by atoms with Gasteiger partial charge in [0.2, 0.25) is 0 Å². The average molecular weight is 284 g/mol. The van der Waals surface area contributed by atoms with Gasteiger partial charge in [-0.3, -0.25) is 4.98 Å². The number of aromatic nitrogens is 1. The molecule has 1 aromatic heterocycles. The number of halogens is 2. The van der Waals surface area contributed by atoms with Crippen LogP contribution in [0.3, 0.4) is 0 Å². The van der Waals surface area contributed by atoms with Gasteiger partial charge in [-0.15, -0.1) is 0 Å². The Labute approximate surface area is 108 Å². The normalized spacial score (nSPS) is 11.5. The van der Waals surface area contributed by atoms with E-state index >= 15 is 0 Å². The third-order valence-electron chi connectivity index (χ3n) is 2.42. The lowest BCUT2D eigenvalue weighted by atomic mass is 10.2. The number of benzene rings is 1. The second-order valence-electron chi connectivity index (χ2n) is 3.95. The minimum Gasteiger partial charge on any atom is -0.396 e. The number of hydrogen-bond acceptors (Lipinski definition) is 4. The van der Waals surface area contributed by atoms with E-state index in [1.54, 1.807) is 0 Å². The van der Waals surface area contributed by atoms with Crippen molar-refractivity contribution in [3.63, 3.8) is 0 Å². The summed E-state index contributed by atoms with van der Waals surface area (Å²) in [5.41, 5.74) is 5.55. The molecule has 7 heteroatoms. The molecule has 0 atom stereocenters. The highest BCUT2D eigenvalue weighted by atomic mass is 32.2. The first-order valence-corrected chi connectivity index (χ1v) is 6.91. The van der Waals surface area contributed by atoms with Crippen LogP contribution in [0.2, 0.25) is 0 Å². The van der Waals surface area contributed by atoms with Crippen LogP contribution in [0.15, 0.2) is 41.6 Å². The molecule has 2 aromatic rings. The summed E-state index contributed by atoms with van der Waals surface area (Å²) >= 11 is 0. The number of rotatable bonds is 3. The highest BCUT2D eigenvalue weighted by Crippen LogP contribution is 2.22. The maximum Gasteiger partial charge on any atom is 0.184 e. The lowest BCUT2D eigenvalue weighted by Gasteiger charge is -2.07. The van der Waals surface area contributed by atoms with Gasteiger partial charge in [-0.05, 0) is 23.8 Å². The summed E-state index contributed by atoms with van der Waals surface area (Å²) in [6.07, 6.45) is 2.49. The first-order chi connectivity index (χ1) is 8.88. The monoisotopic (exact) mass is 284 g/mol.